The highest BCUT2D eigenvalue weighted by atomic mass is 32.2. The van der Waals surface area contributed by atoms with Gasteiger partial charge in [0.25, 0.3) is 0 Å². The average molecular weight is 270 g/mol. The number of sulfone groups is 1. The minimum Gasteiger partial charge on any atom is -0.368 e. The number of nitrogens with two attached hydrogens (primary N) is 1. The van der Waals surface area contributed by atoms with Crippen LogP contribution < -0.4 is 10.6 Å². The van der Waals surface area contributed by atoms with Gasteiger partial charge in [-0.25, -0.2) is 8.42 Å². The molecule has 0 aromatic heterocycles. The van der Waals surface area contributed by atoms with Crippen molar-refractivity contribution in [2.45, 2.75) is 31.2 Å². The molecule has 5 heteroatoms. The molecule has 1 aromatic rings. The molecule has 2 N–H and O–H groups in total. The summed E-state index contributed by atoms with van der Waals surface area (Å²) >= 11 is 0. The fourth-order valence-corrected chi connectivity index (χ4v) is 2.82. The Morgan fingerprint density at radius 3 is 2.39 bits per heavy atom. The first kappa shape index (κ1) is 15.0. The zero-order chi connectivity index (χ0) is 13.8. The molecule has 0 aliphatic heterocycles. The Labute approximate surface area is 110 Å². The van der Waals surface area contributed by atoms with E-state index in [2.05, 4.69) is 18.7 Å². The highest BCUT2D eigenvalue weighted by Gasteiger charge is 2.19. The lowest BCUT2D eigenvalue weighted by atomic mass is 10.2. The molecule has 0 fully saturated rings. The van der Waals surface area contributed by atoms with Crippen LogP contribution in [0.2, 0.25) is 0 Å². The Hall–Kier alpha value is -1.07. The van der Waals surface area contributed by atoms with Gasteiger partial charge in [0.15, 0.2) is 9.84 Å². The number of rotatable bonds is 6. The van der Waals surface area contributed by atoms with Crippen LogP contribution >= 0.6 is 0 Å². The Morgan fingerprint density at radius 1 is 1.28 bits per heavy atom. The van der Waals surface area contributed by atoms with Crippen molar-refractivity contribution >= 4 is 15.5 Å². The second kappa shape index (κ2) is 6.20. The van der Waals surface area contributed by atoms with Crippen molar-refractivity contribution in [1.29, 1.82) is 0 Å². The normalized spacial score (nSPS) is 11.8. The van der Waals surface area contributed by atoms with Crippen LogP contribution in [0.3, 0.4) is 0 Å². The van der Waals surface area contributed by atoms with Gasteiger partial charge in [-0.1, -0.05) is 12.1 Å². The van der Waals surface area contributed by atoms with Gasteiger partial charge in [-0.05, 0) is 38.9 Å². The van der Waals surface area contributed by atoms with Crippen molar-refractivity contribution in [2.24, 2.45) is 5.73 Å². The van der Waals surface area contributed by atoms with Gasteiger partial charge in [0.1, 0.15) is 0 Å². The molecule has 1 rings (SSSR count). The number of hydrogen-bond donors (Lipinski definition) is 1. The van der Waals surface area contributed by atoms with Crippen LogP contribution in [0.15, 0.2) is 29.2 Å². The first-order valence-electron chi connectivity index (χ1n) is 6.13. The van der Waals surface area contributed by atoms with Crippen molar-refractivity contribution in [3.8, 4) is 0 Å². The van der Waals surface area contributed by atoms with Gasteiger partial charge in [0.05, 0.1) is 10.6 Å². The van der Waals surface area contributed by atoms with Gasteiger partial charge in [-0.2, -0.15) is 0 Å². The van der Waals surface area contributed by atoms with E-state index in [0.29, 0.717) is 11.4 Å². The summed E-state index contributed by atoms with van der Waals surface area (Å²) in [5, 5.41) is 0. The summed E-state index contributed by atoms with van der Waals surface area (Å²) in [7, 11) is -3.21. The van der Waals surface area contributed by atoms with Crippen molar-refractivity contribution in [1.82, 2.24) is 0 Å². The van der Waals surface area contributed by atoms with Crippen molar-refractivity contribution in [3.63, 3.8) is 0 Å². The third-order valence-electron chi connectivity index (χ3n) is 2.80. The maximum atomic E-state index is 11.8. The fourth-order valence-electron chi connectivity index (χ4n) is 1.93. The predicted octanol–water partition coefficient (Wildman–Crippen LogP) is 1.65. The quantitative estimate of drug-likeness (QED) is 0.854. The SMILES string of the molecule is CC(C)N(CCCN)c1ccccc1S(C)(=O)=O. The smallest absolute Gasteiger partial charge is 0.177 e. The lowest BCUT2D eigenvalue weighted by Crippen LogP contribution is -2.33. The topological polar surface area (TPSA) is 63.4 Å². The largest absolute Gasteiger partial charge is 0.368 e. The number of benzene rings is 1. The number of para-hydroxylation sites is 1. The van der Waals surface area contributed by atoms with Crippen molar-refractivity contribution in [3.05, 3.63) is 24.3 Å². The van der Waals surface area contributed by atoms with Crippen LogP contribution in [-0.4, -0.2) is 33.8 Å². The van der Waals surface area contributed by atoms with Crippen LogP contribution in [0.25, 0.3) is 0 Å². The van der Waals surface area contributed by atoms with Gasteiger partial charge in [0, 0.05) is 18.8 Å². The van der Waals surface area contributed by atoms with Crippen LogP contribution in [0, 0.1) is 0 Å². The number of nitrogens with zero attached hydrogens (tertiary/aromatic N) is 1. The van der Waals surface area contributed by atoms with E-state index >= 15 is 0 Å². The minimum atomic E-state index is -3.21. The van der Waals surface area contributed by atoms with Crippen LogP contribution in [0.4, 0.5) is 5.69 Å². The zero-order valence-electron chi connectivity index (χ0n) is 11.3. The van der Waals surface area contributed by atoms with E-state index in [1.54, 1.807) is 12.1 Å². The summed E-state index contributed by atoms with van der Waals surface area (Å²) in [5.74, 6) is 0. The van der Waals surface area contributed by atoms with E-state index in [1.165, 1.54) is 6.26 Å². The molecule has 0 radical (unpaired) electrons. The Kier molecular flexibility index (Phi) is 5.16. The maximum Gasteiger partial charge on any atom is 0.177 e. The summed E-state index contributed by atoms with van der Waals surface area (Å²) in [5.41, 5.74) is 6.30. The van der Waals surface area contributed by atoms with Crippen LogP contribution in [0.5, 0.6) is 0 Å². The summed E-state index contributed by atoms with van der Waals surface area (Å²) < 4.78 is 23.6. The molecule has 0 amide bonds. The van der Waals surface area contributed by atoms with Gasteiger partial charge in [-0.15, -0.1) is 0 Å². The molecule has 0 aliphatic carbocycles. The van der Waals surface area contributed by atoms with E-state index in [4.69, 9.17) is 5.73 Å². The van der Waals surface area contributed by atoms with Gasteiger partial charge in [-0.3, -0.25) is 0 Å². The average Bonchev–Trinajstić information content (AvgIpc) is 2.28. The molecule has 0 saturated heterocycles. The standard InChI is InChI=1S/C13H22N2O2S/c1-11(2)15(10-6-9-14)12-7-4-5-8-13(12)18(3,16)17/h4-5,7-8,11H,6,9-10,14H2,1-3H3. The first-order chi connectivity index (χ1) is 8.38. The second-order valence-electron chi connectivity index (χ2n) is 4.67. The van der Waals surface area contributed by atoms with Gasteiger partial charge >= 0.3 is 0 Å². The molecule has 0 unspecified atom stereocenters. The molecular formula is C13H22N2O2S. The van der Waals surface area contributed by atoms with E-state index in [9.17, 15) is 8.42 Å². The molecule has 0 heterocycles. The van der Waals surface area contributed by atoms with E-state index in [-0.39, 0.29) is 6.04 Å². The molecule has 0 spiro atoms. The molecular weight excluding hydrogens is 248 g/mol. The molecule has 102 valence electrons. The third-order valence-corrected chi connectivity index (χ3v) is 3.94. The summed E-state index contributed by atoms with van der Waals surface area (Å²) in [6.07, 6.45) is 2.09. The Balaban J connectivity index is 3.20. The molecule has 0 aliphatic rings. The molecule has 0 saturated carbocycles. The Bertz CT molecular complexity index is 484. The first-order valence-corrected chi connectivity index (χ1v) is 8.03. The molecule has 4 nitrogen and oxygen atoms in total. The van der Waals surface area contributed by atoms with Crippen LogP contribution in [-0.2, 0) is 9.84 Å². The minimum absolute atomic E-state index is 0.236. The lowest BCUT2D eigenvalue weighted by Gasteiger charge is -2.30. The number of hydrogen-bond acceptors (Lipinski definition) is 4. The van der Waals surface area contributed by atoms with Crippen LogP contribution in [0.1, 0.15) is 20.3 Å². The summed E-state index contributed by atoms with van der Waals surface area (Å²) in [6, 6.07) is 7.36. The second-order valence-corrected chi connectivity index (χ2v) is 6.65. The third kappa shape index (κ3) is 3.71. The molecule has 0 atom stereocenters. The fraction of sp³-hybridized carbons (Fsp3) is 0.538. The summed E-state index contributed by atoms with van der Waals surface area (Å²) in [4.78, 5) is 2.47. The number of anilines is 1. The maximum absolute atomic E-state index is 11.8. The Morgan fingerprint density at radius 2 is 1.89 bits per heavy atom. The van der Waals surface area contributed by atoms with Crippen molar-refractivity contribution < 1.29 is 8.42 Å². The highest BCUT2D eigenvalue weighted by Crippen LogP contribution is 2.26. The predicted molar refractivity (Wildman–Crippen MR) is 75.7 cm³/mol. The van der Waals surface area contributed by atoms with E-state index < -0.39 is 9.84 Å². The highest BCUT2D eigenvalue weighted by molar-refractivity contribution is 7.90. The molecule has 0 bridgehead atoms. The molecule has 18 heavy (non-hydrogen) atoms. The zero-order valence-corrected chi connectivity index (χ0v) is 12.1. The monoisotopic (exact) mass is 270 g/mol. The summed E-state index contributed by atoms with van der Waals surface area (Å²) in [6.45, 7) is 5.47. The van der Waals surface area contributed by atoms with E-state index in [1.807, 2.05) is 12.1 Å². The van der Waals surface area contributed by atoms with Crippen molar-refractivity contribution in [2.75, 3.05) is 24.2 Å². The van der Waals surface area contributed by atoms with Gasteiger partial charge < -0.3 is 10.6 Å². The van der Waals surface area contributed by atoms with Gasteiger partial charge in [0.2, 0.25) is 0 Å². The van der Waals surface area contributed by atoms with E-state index in [0.717, 1.165) is 18.7 Å². The lowest BCUT2D eigenvalue weighted by molar-refractivity contribution is 0.599. The molecule has 1 aromatic carbocycles.